The van der Waals surface area contributed by atoms with Crippen LogP contribution in [-0.2, 0) is 33.1 Å². The second kappa shape index (κ2) is 16.6. The van der Waals surface area contributed by atoms with E-state index in [0.29, 0.717) is 30.5 Å². The predicted molar refractivity (Wildman–Crippen MR) is 235 cm³/mol. The molecule has 9 rings (SSSR count). The zero-order valence-electron chi connectivity index (χ0n) is 31.9. The third-order valence-electron chi connectivity index (χ3n) is 10.2. The largest absolute Gasteiger partial charge is 0.395 e. The van der Waals surface area contributed by atoms with Gasteiger partial charge in [0.25, 0.3) is 20.2 Å². The number of benzene rings is 4. The zero-order chi connectivity index (χ0) is 42.0. The molecule has 0 atom stereocenters. The molecule has 7 N–H and O–H groups in total. The number of nitrogens with zero attached hydrogens (tertiary/aromatic N) is 2. The van der Waals surface area contributed by atoms with E-state index in [-0.39, 0.29) is 16.4 Å². The second-order valence-corrected chi connectivity index (χ2v) is 16.9. The van der Waals surface area contributed by atoms with E-state index in [1.165, 1.54) is 24.3 Å². The average molecular weight is 838 g/mol. The maximum absolute atomic E-state index is 12.0. The summed E-state index contributed by atoms with van der Waals surface area (Å²) in [5.74, 6) is 0. The smallest absolute Gasteiger partial charge is 0.294 e. The maximum atomic E-state index is 12.0. The number of aromatic amines is 2. The molecular weight excluding hydrogens is 799 g/mol. The minimum Gasteiger partial charge on any atom is -0.395 e. The summed E-state index contributed by atoms with van der Waals surface area (Å²) in [6.07, 6.45) is 5.09. The van der Waals surface area contributed by atoms with Gasteiger partial charge in [-0.3, -0.25) is 14.1 Å². The Bertz CT molecular complexity index is 2940. The molecule has 0 radical (unpaired) electrons. The second-order valence-electron chi connectivity index (χ2n) is 14.0. The lowest BCUT2D eigenvalue weighted by molar-refractivity contribution is 0.306. The summed E-state index contributed by atoms with van der Waals surface area (Å²) in [7, 11) is -8.85. The summed E-state index contributed by atoms with van der Waals surface area (Å²) < 4.78 is 67.4. The highest BCUT2D eigenvalue weighted by Gasteiger charge is 2.22. The van der Waals surface area contributed by atoms with Crippen molar-refractivity contribution in [1.82, 2.24) is 19.9 Å². The summed E-state index contributed by atoms with van der Waals surface area (Å²) in [6.45, 7) is 0.472. The Morgan fingerprint density at radius 2 is 0.817 bits per heavy atom. The van der Waals surface area contributed by atoms with Gasteiger partial charge < -0.3 is 20.8 Å². The summed E-state index contributed by atoms with van der Waals surface area (Å²) in [5, 5.41) is 7.75. The molecule has 3 aromatic heterocycles. The SMILES string of the molecule is NCCO.O=S(=O)(O)c1ccc(-c2c3nc(c(-c4ccc(S(=O)(=O)O)cc4)c4ccc([nH]4)c(-c4ccccc4)c4nc(c(-c5ccccc5)c5ccc2[nH]5)C=C4)CC3)cc1. The van der Waals surface area contributed by atoms with Crippen molar-refractivity contribution in [3.05, 3.63) is 156 Å². The molecule has 2 aliphatic heterocycles. The number of fused-ring (bicyclic) bond motifs is 8. The first-order chi connectivity index (χ1) is 28.9. The molecule has 4 aromatic carbocycles. The fourth-order valence-electron chi connectivity index (χ4n) is 7.52. The number of rotatable bonds is 7. The molecule has 2 aliphatic rings. The Balaban J connectivity index is 0.00000120. The van der Waals surface area contributed by atoms with Crippen molar-refractivity contribution in [1.29, 1.82) is 0 Å². The topological polar surface area (TPSA) is 212 Å². The molecule has 0 amide bonds. The molecule has 5 heterocycles. The molecule has 0 saturated heterocycles. The number of aryl methyl sites for hydroxylation is 2. The fraction of sp³-hybridized carbons (Fsp3) is 0.0870. The quantitative estimate of drug-likeness (QED) is 0.0844. The third-order valence-corrected chi connectivity index (χ3v) is 11.9. The predicted octanol–water partition coefficient (Wildman–Crippen LogP) is 8.37. The van der Waals surface area contributed by atoms with E-state index in [2.05, 4.69) is 9.97 Å². The number of aliphatic hydroxyl groups is 1. The van der Waals surface area contributed by atoms with Crippen molar-refractivity contribution >= 4 is 54.5 Å². The first kappa shape index (κ1) is 40.3. The van der Waals surface area contributed by atoms with Crippen LogP contribution in [0.15, 0.2) is 143 Å². The van der Waals surface area contributed by atoms with Gasteiger partial charge in [0.05, 0.1) is 39.2 Å². The molecule has 7 aromatic rings. The van der Waals surface area contributed by atoms with Gasteiger partial charge in [0.15, 0.2) is 0 Å². The molecule has 0 spiro atoms. The molecule has 12 nitrogen and oxygen atoms in total. The molecule has 0 fully saturated rings. The van der Waals surface area contributed by atoms with Crippen LogP contribution in [0.3, 0.4) is 0 Å². The van der Waals surface area contributed by atoms with E-state index < -0.39 is 20.2 Å². The van der Waals surface area contributed by atoms with E-state index >= 15 is 0 Å². The van der Waals surface area contributed by atoms with Crippen molar-refractivity contribution < 1.29 is 31.0 Å². The lowest BCUT2D eigenvalue weighted by Crippen LogP contribution is -2.02. The van der Waals surface area contributed by atoms with Gasteiger partial charge >= 0.3 is 0 Å². The molecule has 60 heavy (non-hydrogen) atoms. The van der Waals surface area contributed by atoms with Crippen molar-refractivity contribution in [2.24, 2.45) is 5.73 Å². The molecule has 0 unspecified atom stereocenters. The van der Waals surface area contributed by atoms with Gasteiger partial charge in [0.1, 0.15) is 0 Å². The van der Waals surface area contributed by atoms with Crippen LogP contribution in [0.4, 0.5) is 0 Å². The van der Waals surface area contributed by atoms with E-state index in [9.17, 15) is 25.9 Å². The number of aromatic nitrogens is 4. The van der Waals surface area contributed by atoms with Gasteiger partial charge in [-0.2, -0.15) is 16.8 Å². The van der Waals surface area contributed by atoms with E-state index in [1.54, 1.807) is 24.3 Å². The lowest BCUT2D eigenvalue weighted by atomic mass is 10.0. The minimum atomic E-state index is -4.42. The highest BCUT2D eigenvalue weighted by Crippen LogP contribution is 2.38. The van der Waals surface area contributed by atoms with Gasteiger partial charge in [0.2, 0.25) is 0 Å². The average Bonchev–Trinajstić information content (AvgIpc) is 4.10. The van der Waals surface area contributed by atoms with E-state index in [1.807, 2.05) is 97.1 Å². The van der Waals surface area contributed by atoms with Crippen molar-refractivity contribution in [2.75, 3.05) is 13.2 Å². The molecule has 0 aliphatic carbocycles. The standard InChI is InChI=1S/C44H32N4O6S2.C2H7NO/c49-55(50,51)31-15-11-29(12-16-31)43-37-23-21-35(46-37)41(27-7-3-1-4-8-27)33-19-20-34(45-33)42(28-9-5-2-6-10-28)36-22-24-38(47-36)44(40-26-25-39(43)48-40)30-13-17-32(18-14-30)56(52,53)54;3-1-2-4/h1-24,46-47H,25-26H2,(H,49,50,51)(H,52,53,54);4H,1-3H2. The lowest BCUT2D eigenvalue weighted by Gasteiger charge is -2.07. The number of hydrogen-bond acceptors (Lipinski definition) is 8. The van der Waals surface area contributed by atoms with Gasteiger partial charge in [-0.15, -0.1) is 0 Å². The Labute approximate surface area is 346 Å². The van der Waals surface area contributed by atoms with Crippen LogP contribution < -0.4 is 5.73 Å². The summed E-state index contributed by atoms with van der Waals surface area (Å²) >= 11 is 0. The van der Waals surface area contributed by atoms with Gasteiger partial charge in [0, 0.05) is 50.9 Å². The first-order valence-electron chi connectivity index (χ1n) is 19.0. The number of aliphatic hydroxyl groups excluding tert-OH is 1. The van der Waals surface area contributed by atoms with Crippen LogP contribution in [0.25, 0.3) is 78.7 Å². The Morgan fingerprint density at radius 1 is 0.483 bits per heavy atom. The van der Waals surface area contributed by atoms with E-state index in [0.717, 1.165) is 78.2 Å². The first-order valence-corrected chi connectivity index (χ1v) is 21.8. The summed E-state index contributed by atoms with van der Waals surface area (Å²) in [5.41, 5.74) is 17.4. The van der Waals surface area contributed by atoms with Crippen LogP contribution in [0.5, 0.6) is 0 Å². The number of nitrogens with two attached hydrogens (primary N) is 1. The van der Waals surface area contributed by atoms with Gasteiger partial charge in [-0.1, -0.05) is 84.9 Å². The monoisotopic (exact) mass is 837 g/mol. The van der Waals surface area contributed by atoms with E-state index in [4.69, 9.17) is 20.8 Å². The molecule has 0 saturated carbocycles. The van der Waals surface area contributed by atoms with Crippen molar-refractivity contribution in [2.45, 2.75) is 22.6 Å². The normalized spacial score (nSPS) is 12.5. The van der Waals surface area contributed by atoms with Crippen molar-refractivity contribution in [3.63, 3.8) is 0 Å². The molecular formula is C46H39N5O7S2. The van der Waals surface area contributed by atoms with Crippen LogP contribution in [0.2, 0.25) is 0 Å². The highest BCUT2D eigenvalue weighted by molar-refractivity contribution is 7.86. The van der Waals surface area contributed by atoms with Crippen LogP contribution >= 0.6 is 0 Å². The van der Waals surface area contributed by atoms with Crippen LogP contribution in [0, 0.1) is 0 Å². The maximum Gasteiger partial charge on any atom is 0.294 e. The third kappa shape index (κ3) is 8.20. The van der Waals surface area contributed by atoms with Gasteiger partial charge in [-0.05, 0) is 95.8 Å². The number of H-pyrrole nitrogens is 2. The van der Waals surface area contributed by atoms with Crippen molar-refractivity contribution in [3.8, 4) is 44.5 Å². The van der Waals surface area contributed by atoms with Crippen LogP contribution in [-0.4, -0.2) is 64.1 Å². The zero-order valence-corrected chi connectivity index (χ0v) is 33.6. The fourth-order valence-corrected chi connectivity index (χ4v) is 8.48. The molecule has 8 bridgehead atoms. The summed E-state index contributed by atoms with van der Waals surface area (Å²) in [6, 6.07) is 40.1. The number of nitrogens with one attached hydrogen (secondary N) is 2. The van der Waals surface area contributed by atoms with Gasteiger partial charge in [-0.25, -0.2) is 4.98 Å². The molecule has 302 valence electrons. The summed E-state index contributed by atoms with van der Waals surface area (Å²) in [4.78, 5) is 17.4. The highest BCUT2D eigenvalue weighted by atomic mass is 32.2. The molecule has 14 heteroatoms. The van der Waals surface area contributed by atoms with Crippen LogP contribution in [0.1, 0.15) is 22.8 Å². The number of hydrogen-bond donors (Lipinski definition) is 6. The Hall–Kier alpha value is -6.52. The Kier molecular flexibility index (Phi) is 11.2. The Morgan fingerprint density at radius 3 is 1.15 bits per heavy atom. The minimum absolute atomic E-state index is 0.0972.